The summed E-state index contributed by atoms with van der Waals surface area (Å²) in [6.45, 7) is 4.05. The van der Waals surface area contributed by atoms with E-state index in [4.69, 9.17) is 0 Å². The molecular formula is C16H20FNO. The van der Waals surface area contributed by atoms with E-state index in [0.717, 1.165) is 25.7 Å². The van der Waals surface area contributed by atoms with Crippen molar-refractivity contribution in [2.24, 2.45) is 5.92 Å². The molecule has 0 aliphatic heterocycles. The number of hydrogen-bond donors (Lipinski definition) is 0. The molecule has 0 aliphatic carbocycles. The minimum absolute atomic E-state index is 0.0724. The number of nitrogens with zero attached hydrogens (tertiary/aromatic N) is 1. The first-order valence-corrected chi connectivity index (χ1v) is 6.82. The molecule has 0 radical (unpaired) electrons. The number of halogens is 1. The first-order chi connectivity index (χ1) is 9.13. The van der Waals surface area contributed by atoms with Crippen LogP contribution in [0.4, 0.5) is 4.39 Å². The van der Waals surface area contributed by atoms with Crippen molar-refractivity contribution in [3.8, 4) is 6.07 Å². The monoisotopic (exact) mass is 261 g/mol. The molecule has 1 aromatic rings. The van der Waals surface area contributed by atoms with Crippen molar-refractivity contribution in [3.63, 3.8) is 0 Å². The summed E-state index contributed by atoms with van der Waals surface area (Å²) in [7, 11) is 0. The quantitative estimate of drug-likeness (QED) is 0.737. The van der Waals surface area contributed by atoms with Gasteiger partial charge in [-0.15, -0.1) is 0 Å². The van der Waals surface area contributed by atoms with Crippen LogP contribution in [0.3, 0.4) is 0 Å². The van der Waals surface area contributed by atoms with Crippen molar-refractivity contribution in [1.29, 1.82) is 5.26 Å². The number of Topliss-reactive ketones (excluding diaryl/α,β-unsaturated/α-hetero) is 1. The van der Waals surface area contributed by atoms with E-state index in [9.17, 15) is 14.4 Å². The number of benzene rings is 1. The molecule has 0 aromatic heterocycles. The van der Waals surface area contributed by atoms with Crippen molar-refractivity contribution in [1.82, 2.24) is 0 Å². The van der Waals surface area contributed by atoms with Gasteiger partial charge >= 0.3 is 0 Å². The van der Waals surface area contributed by atoms with Gasteiger partial charge < -0.3 is 0 Å². The molecule has 3 heteroatoms. The Bertz CT molecular complexity index is 458. The molecule has 0 aliphatic rings. The third-order valence-electron chi connectivity index (χ3n) is 3.27. The van der Waals surface area contributed by atoms with Crippen molar-refractivity contribution >= 4 is 5.78 Å². The predicted molar refractivity (Wildman–Crippen MR) is 73.1 cm³/mol. The molecule has 1 rings (SSSR count). The molecule has 1 aromatic carbocycles. The standard InChI is InChI=1S/C16H20FNO/c1-3-6-12(7-4-2)16(19)15(11-18)13-8-5-9-14(17)10-13/h5,8-10,12,15H,3-4,6-7H2,1-2H3. The Hall–Kier alpha value is -1.69. The zero-order valence-corrected chi connectivity index (χ0v) is 11.5. The average molecular weight is 261 g/mol. The molecular weight excluding hydrogens is 241 g/mol. The summed E-state index contributed by atoms with van der Waals surface area (Å²) < 4.78 is 13.2. The molecule has 1 unspecified atom stereocenters. The van der Waals surface area contributed by atoms with E-state index in [1.54, 1.807) is 6.07 Å². The van der Waals surface area contributed by atoms with Crippen LogP contribution in [0.1, 0.15) is 51.0 Å². The summed E-state index contributed by atoms with van der Waals surface area (Å²) >= 11 is 0. The third kappa shape index (κ3) is 4.17. The lowest BCUT2D eigenvalue weighted by Crippen LogP contribution is -2.21. The number of carbonyl (C=O) groups is 1. The summed E-state index contributed by atoms with van der Waals surface area (Å²) in [5, 5.41) is 9.23. The van der Waals surface area contributed by atoms with Gasteiger partial charge in [-0.3, -0.25) is 4.79 Å². The second-order valence-corrected chi connectivity index (χ2v) is 4.79. The van der Waals surface area contributed by atoms with Crippen LogP contribution in [0.25, 0.3) is 0 Å². The zero-order valence-electron chi connectivity index (χ0n) is 11.5. The van der Waals surface area contributed by atoms with Crippen LogP contribution in [0.5, 0.6) is 0 Å². The number of nitriles is 1. The second-order valence-electron chi connectivity index (χ2n) is 4.79. The Morgan fingerprint density at radius 2 is 1.95 bits per heavy atom. The summed E-state index contributed by atoms with van der Waals surface area (Å²) in [5.41, 5.74) is 0.463. The SMILES string of the molecule is CCCC(CCC)C(=O)C(C#N)c1cccc(F)c1. The Labute approximate surface area is 114 Å². The minimum Gasteiger partial charge on any atom is -0.298 e. The van der Waals surface area contributed by atoms with Crippen LogP contribution in [0, 0.1) is 23.1 Å². The van der Waals surface area contributed by atoms with Gasteiger partial charge in [-0.25, -0.2) is 4.39 Å². The lowest BCUT2D eigenvalue weighted by atomic mass is 9.84. The number of carbonyl (C=O) groups excluding carboxylic acids is 1. The van der Waals surface area contributed by atoms with E-state index in [-0.39, 0.29) is 11.7 Å². The highest BCUT2D eigenvalue weighted by atomic mass is 19.1. The fourth-order valence-corrected chi connectivity index (χ4v) is 2.35. The van der Waals surface area contributed by atoms with Crippen LogP contribution < -0.4 is 0 Å². The van der Waals surface area contributed by atoms with Gasteiger partial charge in [0.15, 0.2) is 5.78 Å². The molecule has 102 valence electrons. The first-order valence-electron chi connectivity index (χ1n) is 6.82. The van der Waals surface area contributed by atoms with E-state index in [2.05, 4.69) is 0 Å². The Morgan fingerprint density at radius 3 is 2.42 bits per heavy atom. The van der Waals surface area contributed by atoms with Gasteiger partial charge in [0.2, 0.25) is 0 Å². The number of rotatable bonds is 7. The van der Waals surface area contributed by atoms with Gasteiger partial charge in [0, 0.05) is 5.92 Å². The van der Waals surface area contributed by atoms with E-state index >= 15 is 0 Å². The molecule has 0 saturated carbocycles. The predicted octanol–water partition coefficient (Wildman–Crippen LogP) is 4.22. The normalized spacial score (nSPS) is 12.2. The van der Waals surface area contributed by atoms with E-state index in [1.165, 1.54) is 18.2 Å². The Balaban J connectivity index is 2.95. The van der Waals surface area contributed by atoms with Crippen molar-refractivity contribution in [2.75, 3.05) is 0 Å². The summed E-state index contributed by atoms with van der Waals surface area (Å²) in [4.78, 5) is 12.4. The third-order valence-corrected chi connectivity index (χ3v) is 3.27. The van der Waals surface area contributed by atoms with Gasteiger partial charge in [0.05, 0.1) is 6.07 Å². The molecule has 19 heavy (non-hydrogen) atoms. The maximum atomic E-state index is 13.2. The van der Waals surface area contributed by atoms with Gasteiger partial charge in [-0.05, 0) is 30.5 Å². The molecule has 0 bridgehead atoms. The molecule has 1 atom stereocenters. The zero-order chi connectivity index (χ0) is 14.3. The highest BCUT2D eigenvalue weighted by Gasteiger charge is 2.27. The average Bonchev–Trinajstić information content (AvgIpc) is 2.39. The molecule has 0 fully saturated rings. The molecule has 0 spiro atoms. The Morgan fingerprint density at radius 1 is 1.32 bits per heavy atom. The van der Waals surface area contributed by atoms with Crippen molar-refractivity contribution < 1.29 is 9.18 Å². The van der Waals surface area contributed by atoms with Crippen molar-refractivity contribution in [3.05, 3.63) is 35.6 Å². The summed E-state index contributed by atoms with van der Waals surface area (Å²) in [6, 6.07) is 7.80. The highest BCUT2D eigenvalue weighted by Crippen LogP contribution is 2.25. The smallest absolute Gasteiger partial charge is 0.157 e. The Kier molecular flexibility index (Phi) is 6.21. The maximum Gasteiger partial charge on any atom is 0.157 e. The van der Waals surface area contributed by atoms with Gasteiger partial charge in [0.25, 0.3) is 0 Å². The lowest BCUT2D eigenvalue weighted by Gasteiger charge is -2.17. The lowest BCUT2D eigenvalue weighted by molar-refractivity contribution is -0.123. The van der Waals surface area contributed by atoms with Gasteiger partial charge in [0.1, 0.15) is 11.7 Å². The van der Waals surface area contributed by atoms with Gasteiger partial charge in [-0.2, -0.15) is 5.26 Å². The summed E-state index contributed by atoms with van der Waals surface area (Å²) in [5.74, 6) is -1.42. The largest absolute Gasteiger partial charge is 0.298 e. The van der Waals surface area contributed by atoms with Crippen LogP contribution in [-0.2, 0) is 4.79 Å². The molecule has 0 N–H and O–H groups in total. The summed E-state index contributed by atoms with van der Waals surface area (Å²) in [6.07, 6.45) is 3.41. The molecule has 0 heterocycles. The van der Waals surface area contributed by atoms with Crippen molar-refractivity contribution in [2.45, 2.75) is 45.4 Å². The minimum atomic E-state index is -0.848. The fraction of sp³-hybridized carbons (Fsp3) is 0.500. The van der Waals surface area contributed by atoms with Crippen LogP contribution in [0.2, 0.25) is 0 Å². The molecule has 2 nitrogen and oxygen atoms in total. The molecule has 0 saturated heterocycles. The van der Waals surface area contributed by atoms with E-state index in [1.807, 2.05) is 19.9 Å². The fourth-order valence-electron chi connectivity index (χ4n) is 2.35. The second kappa shape index (κ2) is 7.68. The number of ketones is 1. The molecule has 0 amide bonds. The van der Waals surface area contributed by atoms with E-state index < -0.39 is 11.7 Å². The number of hydrogen-bond acceptors (Lipinski definition) is 2. The van der Waals surface area contributed by atoms with Gasteiger partial charge in [-0.1, -0.05) is 38.8 Å². The van der Waals surface area contributed by atoms with Crippen LogP contribution in [-0.4, -0.2) is 5.78 Å². The maximum absolute atomic E-state index is 13.2. The van der Waals surface area contributed by atoms with E-state index in [0.29, 0.717) is 5.56 Å². The van der Waals surface area contributed by atoms with Crippen LogP contribution >= 0.6 is 0 Å². The topological polar surface area (TPSA) is 40.9 Å². The highest BCUT2D eigenvalue weighted by molar-refractivity contribution is 5.90. The first kappa shape index (κ1) is 15.4. The van der Waals surface area contributed by atoms with Crippen LogP contribution in [0.15, 0.2) is 24.3 Å².